The predicted molar refractivity (Wildman–Crippen MR) is 66.2 cm³/mol. The van der Waals surface area contributed by atoms with Gasteiger partial charge in [-0.1, -0.05) is 39.0 Å². The third-order valence-corrected chi connectivity index (χ3v) is 2.92. The Morgan fingerprint density at radius 1 is 1.19 bits per heavy atom. The lowest BCUT2D eigenvalue weighted by Gasteiger charge is -2.10. The summed E-state index contributed by atoms with van der Waals surface area (Å²) in [6.07, 6.45) is 13.5. The van der Waals surface area contributed by atoms with E-state index in [1.54, 1.807) is 12.5 Å². The Balaban J connectivity index is 1.96. The molecule has 0 aliphatic carbocycles. The highest BCUT2D eigenvalue weighted by molar-refractivity contribution is 4.74. The van der Waals surface area contributed by atoms with Crippen LogP contribution in [0.25, 0.3) is 0 Å². The third kappa shape index (κ3) is 5.91. The first-order valence-electron chi connectivity index (χ1n) is 6.46. The van der Waals surface area contributed by atoms with Gasteiger partial charge in [-0.15, -0.1) is 0 Å². The van der Waals surface area contributed by atoms with Crippen molar-refractivity contribution in [2.24, 2.45) is 0 Å². The minimum Gasteiger partial charge on any atom is -0.393 e. The standard InChI is InChI=1S/C13H24N2O/c1-2-3-4-5-6-7-13(16)8-10-15-11-9-14-12-15/h9,11-13,16H,2-8,10H2,1H3. The molecule has 3 heteroatoms. The fourth-order valence-electron chi connectivity index (χ4n) is 1.84. The molecule has 1 aromatic heterocycles. The molecule has 0 radical (unpaired) electrons. The summed E-state index contributed by atoms with van der Waals surface area (Å²) in [7, 11) is 0. The number of nitrogens with zero attached hydrogens (tertiary/aromatic N) is 2. The first-order valence-corrected chi connectivity index (χ1v) is 6.46. The average molecular weight is 224 g/mol. The van der Waals surface area contributed by atoms with Gasteiger partial charge in [0.2, 0.25) is 0 Å². The number of aryl methyl sites for hydroxylation is 1. The lowest BCUT2D eigenvalue weighted by atomic mass is 10.1. The van der Waals surface area contributed by atoms with E-state index < -0.39 is 0 Å². The van der Waals surface area contributed by atoms with Crippen molar-refractivity contribution in [3.63, 3.8) is 0 Å². The zero-order valence-electron chi connectivity index (χ0n) is 10.3. The summed E-state index contributed by atoms with van der Waals surface area (Å²) in [6, 6.07) is 0. The molecule has 1 heterocycles. The Morgan fingerprint density at radius 2 is 2.00 bits per heavy atom. The van der Waals surface area contributed by atoms with Gasteiger partial charge >= 0.3 is 0 Å². The molecule has 3 nitrogen and oxygen atoms in total. The van der Waals surface area contributed by atoms with Gasteiger partial charge in [0.1, 0.15) is 0 Å². The molecule has 0 bridgehead atoms. The van der Waals surface area contributed by atoms with Gasteiger partial charge in [0, 0.05) is 18.9 Å². The molecule has 0 aliphatic rings. The number of aliphatic hydroxyl groups excluding tert-OH is 1. The van der Waals surface area contributed by atoms with Crippen LogP contribution >= 0.6 is 0 Å². The second-order valence-corrected chi connectivity index (χ2v) is 4.45. The Bertz CT molecular complexity index is 246. The van der Waals surface area contributed by atoms with E-state index in [-0.39, 0.29) is 6.10 Å². The van der Waals surface area contributed by atoms with Crippen LogP contribution in [0.15, 0.2) is 18.7 Å². The van der Waals surface area contributed by atoms with E-state index in [9.17, 15) is 5.11 Å². The molecule has 0 saturated heterocycles. The molecule has 1 N–H and O–H groups in total. The molecule has 0 fully saturated rings. The average Bonchev–Trinajstić information content (AvgIpc) is 2.79. The van der Waals surface area contributed by atoms with Crippen LogP contribution in [0.1, 0.15) is 51.9 Å². The molecule has 0 aliphatic heterocycles. The smallest absolute Gasteiger partial charge is 0.0945 e. The molecule has 0 saturated carbocycles. The third-order valence-electron chi connectivity index (χ3n) is 2.92. The van der Waals surface area contributed by atoms with E-state index in [0.717, 1.165) is 25.8 Å². The quantitative estimate of drug-likeness (QED) is 0.655. The van der Waals surface area contributed by atoms with Crippen LogP contribution in [-0.2, 0) is 6.54 Å². The normalized spacial score (nSPS) is 12.9. The number of rotatable bonds is 9. The lowest BCUT2D eigenvalue weighted by molar-refractivity contribution is 0.145. The maximum absolute atomic E-state index is 9.77. The number of hydrogen-bond acceptors (Lipinski definition) is 2. The van der Waals surface area contributed by atoms with Gasteiger partial charge in [-0.2, -0.15) is 0 Å². The van der Waals surface area contributed by atoms with E-state index in [1.165, 1.54) is 25.7 Å². The van der Waals surface area contributed by atoms with Crippen molar-refractivity contribution in [2.75, 3.05) is 0 Å². The summed E-state index contributed by atoms with van der Waals surface area (Å²) in [5.41, 5.74) is 0. The Labute approximate surface area is 98.5 Å². The van der Waals surface area contributed by atoms with E-state index in [0.29, 0.717) is 0 Å². The molecule has 1 rings (SSSR count). The van der Waals surface area contributed by atoms with Crippen molar-refractivity contribution in [3.8, 4) is 0 Å². The van der Waals surface area contributed by atoms with Crippen molar-refractivity contribution < 1.29 is 5.11 Å². The van der Waals surface area contributed by atoms with Crippen LogP contribution in [0.4, 0.5) is 0 Å². The zero-order valence-corrected chi connectivity index (χ0v) is 10.3. The molecule has 1 unspecified atom stereocenters. The summed E-state index contributed by atoms with van der Waals surface area (Å²) < 4.78 is 2.01. The highest BCUT2D eigenvalue weighted by Gasteiger charge is 2.03. The molecule has 16 heavy (non-hydrogen) atoms. The summed E-state index contributed by atoms with van der Waals surface area (Å²) in [6.45, 7) is 3.09. The number of imidazole rings is 1. The van der Waals surface area contributed by atoms with Crippen molar-refractivity contribution >= 4 is 0 Å². The molecule has 0 aromatic carbocycles. The Kier molecular flexibility index (Phi) is 6.90. The molecule has 0 amide bonds. The van der Waals surface area contributed by atoms with Gasteiger partial charge in [0.25, 0.3) is 0 Å². The molecular formula is C13H24N2O. The maximum atomic E-state index is 9.77. The molecule has 1 aromatic rings. The SMILES string of the molecule is CCCCCCCC(O)CCn1ccnc1. The van der Waals surface area contributed by atoms with Gasteiger partial charge in [-0.25, -0.2) is 4.98 Å². The fraction of sp³-hybridized carbons (Fsp3) is 0.769. The first kappa shape index (κ1) is 13.2. The van der Waals surface area contributed by atoms with Crippen molar-refractivity contribution in [2.45, 2.75) is 64.5 Å². The Hall–Kier alpha value is -0.830. The largest absolute Gasteiger partial charge is 0.393 e. The second-order valence-electron chi connectivity index (χ2n) is 4.45. The van der Waals surface area contributed by atoms with E-state index in [4.69, 9.17) is 0 Å². The van der Waals surface area contributed by atoms with E-state index in [1.807, 2.05) is 10.8 Å². The van der Waals surface area contributed by atoms with Gasteiger partial charge in [0.05, 0.1) is 12.4 Å². The van der Waals surface area contributed by atoms with Crippen LogP contribution in [0.2, 0.25) is 0 Å². The van der Waals surface area contributed by atoms with Crippen LogP contribution in [0, 0.1) is 0 Å². The van der Waals surface area contributed by atoms with E-state index >= 15 is 0 Å². The fourth-order valence-corrected chi connectivity index (χ4v) is 1.84. The minimum atomic E-state index is -0.149. The predicted octanol–water partition coefficient (Wildman–Crippen LogP) is 2.99. The van der Waals surface area contributed by atoms with Crippen LogP contribution in [0.5, 0.6) is 0 Å². The highest BCUT2D eigenvalue weighted by Crippen LogP contribution is 2.09. The molecule has 0 spiro atoms. The zero-order chi connectivity index (χ0) is 11.6. The van der Waals surface area contributed by atoms with Gasteiger partial charge < -0.3 is 9.67 Å². The molecular weight excluding hydrogens is 200 g/mol. The van der Waals surface area contributed by atoms with Crippen molar-refractivity contribution in [3.05, 3.63) is 18.7 Å². The first-order chi connectivity index (χ1) is 7.83. The lowest BCUT2D eigenvalue weighted by Crippen LogP contribution is -2.10. The number of aromatic nitrogens is 2. The van der Waals surface area contributed by atoms with Crippen LogP contribution in [0.3, 0.4) is 0 Å². The van der Waals surface area contributed by atoms with Crippen LogP contribution in [-0.4, -0.2) is 20.8 Å². The van der Waals surface area contributed by atoms with Crippen molar-refractivity contribution in [1.82, 2.24) is 9.55 Å². The number of aliphatic hydroxyl groups is 1. The van der Waals surface area contributed by atoms with Gasteiger partial charge in [0.15, 0.2) is 0 Å². The molecule has 1 atom stereocenters. The maximum Gasteiger partial charge on any atom is 0.0945 e. The van der Waals surface area contributed by atoms with Gasteiger partial charge in [-0.3, -0.25) is 0 Å². The summed E-state index contributed by atoms with van der Waals surface area (Å²) in [5, 5.41) is 9.77. The molecule has 92 valence electrons. The minimum absolute atomic E-state index is 0.149. The second kappa shape index (κ2) is 8.34. The van der Waals surface area contributed by atoms with Crippen molar-refractivity contribution in [1.29, 1.82) is 0 Å². The van der Waals surface area contributed by atoms with Crippen LogP contribution < -0.4 is 0 Å². The number of hydrogen-bond donors (Lipinski definition) is 1. The summed E-state index contributed by atoms with van der Waals surface area (Å²) in [4.78, 5) is 3.98. The summed E-state index contributed by atoms with van der Waals surface area (Å²) >= 11 is 0. The van der Waals surface area contributed by atoms with E-state index in [2.05, 4.69) is 11.9 Å². The van der Waals surface area contributed by atoms with Gasteiger partial charge in [-0.05, 0) is 12.8 Å². The number of unbranched alkanes of at least 4 members (excludes halogenated alkanes) is 4. The summed E-state index contributed by atoms with van der Waals surface area (Å²) in [5.74, 6) is 0. The topological polar surface area (TPSA) is 38.0 Å². The highest BCUT2D eigenvalue weighted by atomic mass is 16.3. The monoisotopic (exact) mass is 224 g/mol. The Morgan fingerprint density at radius 3 is 2.69 bits per heavy atom.